The van der Waals surface area contributed by atoms with Crippen molar-refractivity contribution in [3.05, 3.63) is 72.4 Å². The van der Waals surface area contributed by atoms with E-state index in [1.54, 1.807) is 6.20 Å². The first-order chi connectivity index (χ1) is 14.3. The van der Waals surface area contributed by atoms with Crippen molar-refractivity contribution in [1.29, 1.82) is 0 Å². The topological polar surface area (TPSA) is 56.3 Å². The van der Waals surface area contributed by atoms with Gasteiger partial charge >= 0.3 is 0 Å². The van der Waals surface area contributed by atoms with E-state index in [0.717, 1.165) is 50.6 Å². The predicted octanol–water partition coefficient (Wildman–Crippen LogP) is 3.63. The van der Waals surface area contributed by atoms with Gasteiger partial charge in [0.05, 0.1) is 0 Å². The molecular formula is C23H28N6. The van der Waals surface area contributed by atoms with Crippen LogP contribution in [0, 0.1) is 0 Å². The molecule has 2 heterocycles. The van der Waals surface area contributed by atoms with E-state index in [1.165, 1.54) is 11.3 Å². The lowest BCUT2D eigenvalue weighted by Gasteiger charge is -2.34. The van der Waals surface area contributed by atoms with Crippen molar-refractivity contribution >= 4 is 23.1 Å². The first kappa shape index (κ1) is 19.2. The van der Waals surface area contributed by atoms with Gasteiger partial charge < -0.3 is 20.4 Å². The molecule has 1 aliphatic heterocycles. The minimum atomic E-state index is 0.639. The molecule has 1 aliphatic rings. The van der Waals surface area contributed by atoms with E-state index >= 15 is 0 Å². The molecule has 6 nitrogen and oxygen atoms in total. The number of nitrogens with one attached hydrogen (secondary N) is 2. The maximum absolute atomic E-state index is 4.57. The van der Waals surface area contributed by atoms with E-state index < -0.39 is 0 Å². The quantitative estimate of drug-likeness (QED) is 0.645. The van der Waals surface area contributed by atoms with Crippen molar-refractivity contribution in [2.24, 2.45) is 0 Å². The van der Waals surface area contributed by atoms with Crippen molar-refractivity contribution in [2.75, 3.05) is 55.3 Å². The van der Waals surface area contributed by atoms with Crippen LogP contribution < -0.4 is 15.5 Å². The predicted molar refractivity (Wildman–Crippen MR) is 120 cm³/mol. The summed E-state index contributed by atoms with van der Waals surface area (Å²) in [4.78, 5) is 13.7. The van der Waals surface area contributed by atoms with Gasteiger partial charge in [0.2, 0.25) is 5.95 Å². The van der Waals surface area contributed by atoms with E-state index in [1.807, 2.05) is 12.1 Å². The third-order valence-electron chi connectivity index (χ3n) is 5.20. The van der Waals surface area contributed by atoms with Crippen LogP contribution in [0.2, 0.25) is 0 Å². The van der Waals surface area contributed by atoms with Crippen LogP contribution in [0.3, 0.4) is 0 Å². The van der Waals surface area contributed by atoms with Crippen LogP contribution in [0.4, 0.5) is 23.1 Å². The number of benzene rings is 2. The summed E-state index contributed by atoms with van der Waals surface area (Å²) in [5.74, 6) is 1.43. The minimum Gasteiger partial charge on any atom is -0.369 e. The number of likely N-dealkylation sites (N-methyl/N-ethyl adjacent to an activating group) is 1. The fraction of sp³-hybridized carbons (Fsp3) is 0.304. The van der Waals surface area contributed by atoms with Crippen LogP contribution in [0.15, 0.2) is 66.9 Å². The molecule has 1 aromatic heterocycles. The van der Waals surface area contributed by atoms with Gasteiger partial charge in [-0.05, 0) is 49.4 Å². The zero-order valence-corrected chi connectivity index (χ0v) is 16.9. The van der Waals surface area contributed by atoms with Crippen molar-refractivity contribution in [2.45, 2.75) is 6.42 Å². The summed E-state index contributed by atoms with van der Waals surface area (Å²) in [7, 11) is 2.18. The molecule has 0 bridgehead atoms. The Hall–Kier alpha value is -3.12. The Morgan fingerprint density at radius 2 is 1.66 bits per heavy atom. The third-order valence-corrected chi connectivity index (χ3v) is 5.20. The maximum atomic E-state index is 4.57. The summed E-state index contributed by atoms with van der Waals surface area (Å²) >= 11 is 0. The van der Waals surface area contributed by atoms with Crippen molar-refractivity contribution in [3.63, 3.8) is 0 Å². The second-order valence-electron chi connectivity index (χ2n) is 7.39. The SMILES string of the molecule is CN1CCN(c2ccc(Nc3ccnc(NCCc4ccccc4)n3)cc2)CC1. The molecule has 0 amide bonds. The van der Waals surface area contributed by atoms with Gasteiger partial charge in [-0.3, -0.25) is 0 Å². The average Bonchev–Trinajstić information content (AvgIpc) is 2.76. The third kappa shape index (κ3) is 5.45. The van der Waals surface area contributed by atoms with Crippen LogP contribution in [0.5, 0.6) is 0 Å². The molecule has 0 radical (unpaired) electrons. The highest BCUT2D eigenvalue weighted by atomic mass is 15.2. The Balaban J connectivity index is 1.31. The number of hydrogen-bond acceptors (Lipinski definition) is 6. The fourth-order valence-electron chi connectivity index (χ4n) is 3.44. The normalized spacial score (nSPS) is 14.6. The van der Waals surface area contributed by atoms with E-state index in [4.69, 9.17) is 0 Å². The molecule has 1 saturated heterocycles. The van der Waals surface area contributed by atoms with Crippen LogP contribution >= 0.6 is 0 Å². The zero-order chi connectivity index (χ0) is 19.9. The lowest BCUT2D eigenvalue weighted by Crippen LogP contribution is -2.44. The summed E-state index contributed by atoms with van der Waals surface area (Å²) in [6, 6.07) is 20.9. The first-order valence-electron chi connectivity index (χ1n) is 10.2. The molecule has 2 aromatic carbocycles. The van der Waals surface area contributed by atoms with E-state index in [0.29, 0.717) is 5.95 Å². The number of piperazine rings is 1. The Bertz CT molecular complexity index is 889. The molecule has 4 rings (SSSR count). The molecule has 3 aromatic rings. The molecule has 0 saturated carbocycles. The molecule has 0 atom stereocenters. The number of aromatic nitrogens is 2. The Morgan fingerprint density at radius 3 is 2.41 bits per heavy atom. The Kier molecular flexibility index (Phi) is 6.22. The Morgan fingerprint density at radius 1 is 0.897 bits per heavy atom. The lowest BCUT2D eigenvalue weighted by atomic mass is 10.1. The minimum absolute atomic E-state index is 0.639. The summed E-state index contributed by atoms with van der Waals surface area (Å²) in [6.07, 6.45) is 2.72. The number of rotatable bonds is 7. The van der Waals surface area contributed by atoms with Gasteiger partial charge in [-0.15, -0.1) is 0 Å². The van der Waals surface area contributed by atoms with Crippen LogP contribution in [-0.4, -0.2) is 54.6 Å². The largest absolute Gasteiger partial charge is 0.369 e. The van der Waals surface area contributed by atoms with Gasteiger partial charge in [0.15, 0.2) is 0 Å². The van der Waals surface area contributed by atoms with Gasteiger partial charge in [0.25, 0.3) is 0 Å². The molecule has 1 fully saturated rings. The monoisotopic (exact) mass is 388 g/mol. The second kappa shape index (κ2) is 9.39. The molecule has 29 heavy (non-hydrogen) atoms. The van der Waals surface area contributed by atoms with Crippen LogP contribution in [-0.2, 0) is 6.42 Å². The van der Waals surface area contributed by atoms with Crippen molar-refractivity contribution in [1.82, 2.24) is 14.9 Å². The van der Waals surface area contributed by atoms with E-state index in [9.17, 15) is 0 Å². The van der Waals surface area contributed by atoms with Gasteiger partial charge in [0, 0.05) is 50.3 Å². The molecule has 150 valence electrons. The molecular weight excluding hydrogens is 360 g/mol. The molecule has 0 unspecified atom stereocenters. The maximum Gasteiger partial charge on any atom is 0.224 e. The van der Waals surface area contributed by atoms with Gasteiger partial charge in [-0.2, -0.15) is 4.98 Å². The fourth-order valence-corrected chi connectivity index (χ4v) is 3.44. The molecule has 2 N–H and O–H groups in total. The standard InChI is InChI=1S/C23H28N6/c1-28-15-17-29(18-16-28)21-9-7-20(8-10-21)26-22-12-14-25-23(27-22)24-13-11-19-5-3-2-4-6-19/h2-10,12,14H,11,13,15-18H2,1H3,(H2,24,25,26,27). The smallest absolute Gasteiger partial charge is 0.224 e. The summed E-state index contributed by atoms with van der Waals surface area (Å²) in [6.45, 7) is 5.18. The van der Waals surface area contributed by atoms with Crippen LogP contribution in [0.25, 0.3) is 0 Å². The Labute approximate surface area is 172 Å². The van der Waals surface area contributed by atoms with Crippen molar-refractivity contribution < 1.29 is 0 Å². The molecule has 6 heteroatoms. The zero-order valence-electron chi connectivity index (χ0n) is 16.9. The molecule has 0 aliphatic carbocycles. The van der Waals surface area contributed by atoms with Crippen molar-refractivity contribution in [3.8, 4) is 0 Å². The van der Waals surface area contributed by atoms with Crippen LogP contribution in [0.1, 0.15) is 5.56 Å². The summed E-state index contributed by atoms with van der Waals surface area (Å²) in [5.41, 5.74) is 3.60. The lowest BCUT2D eigenvalue weighted by molar-refractivity contribution is 0.313. The van der Waals surface area contributed by atoms with E-state index in [2.05, 4.69) is 86.0 Å². The average molecular weight is 389 g/mol. The van der Waals surface area contributed by atoms with Gasteiger partial charge in [0.1, 0.15) is 5.82 Å². The highest BCUT2D eigenvalue weighted by molar-refractivity contribution is 5.61. The van der Waals surface area contributed by atoms with E-state index in [-0.39, 0.29) is 0 Å². The second-order valence-corrected chi connectivity index (χ2v) is 7.39. The number of nitrogens with zero attached hydrogens (tertiary/aromatic N) is 4. The first-order valence-corrected chi connectivity index (χ1v) is 10.2. The number of hydrogen-bond donors (Lipinski definition) is 2. The molecule has 0 spiro atoms. The van der Waals surface area contributed by atoms with Gasteiger partial charge in [-0.25, -0.2) is 4.98 Å². The number of anilines is 4. The summed E-state index contributed by atoms with van der Waals surface area (Å²) < 4.78 is 0. The summed E-state index contributed by atoms with van der Waals surface area (Å²) in [5, 5.41) is 6.67. The highest BCUT2D eigenvalue weighted by Crippen LogP contribution is 2.21. The highest BCUT2D eigenvalue weighted by Gasteiger charge is 2.13. The van der Waals surface area contributed by atoms with Gasteiger partial charge in [-0.1, -0.05) is 30.3 Å².